The van der Waals surface area contributed by atoms with Gasteiger partial charge in [-0.3, -0.25) is 9.59 Å². The number of carbonyl (C=O) groups is 1. The number of aromatic nitrogens is 1. The van der Waals surface area contributed by atoms with Crippen molar-refractivity contribution >= 4 is 21.6 Å². The van der Waals surface area contributed by atoms with Crippen LogP contribution in [0.25, 0.3) is 0 Å². The lowest BCUT2D eigenvalue weighted by molar-refractivity contribution is -0.116. The maximum Gasteiger partial charge on any atom is 0.251 e. The van der Waals surface area contributed by atoms with Crippen LogP contribution in [0.4, 0.5) is 10.1 Å². The molecule has 1 aromatic heterocycles. The second kappa shape index (κ2) is 8.21. The minimum Gasteiger partial charge on any atom is -0.379 e. The molecule has 0 unspecified atom stereocenters. The molecule has 1 aliphatic rings. The summed E-state index contributed by atoms with van der Waals surface area (Å²) in [6.07, 6.45) is 1.16. The van der Waals surface area contributed by atoms with Crippen LogP contribution in [0.5, 0.6) is 0 Å². The highest BCUT2D eigenvalue weighted by atomic mass is 32.2. The second-order valence-corrected chi connectivity index (χ2v) is 8.29. The van der Waals surface area contributed by atoms with E-state index < -0.39 is 27.3 Å². The van der Waals surface area contributed by atoms with Gasteiger partial charge in [-0.25, -0.2) is 12.8 Å². The van der Waals surface area contributed by atoms with Crippen LogP contribution in [-0.2, 0) is 26.1 Å². The van der Waals surface area contributed by atoms with Crippen molar-refractivity contribution in [2.75, 3.05) is 31.6 Å². The van der Waals surface area contributed by atoms with Crippen LogP contribution < -0.4 is 10.9 Å². The van der Waals surface area contributed by atoms with Crippen molar-refractivity contribution in [3.63, 3.8) is 0 Å². The summed E-state index contributed by atoms with van der Waals surface area (Å²) in [5.74, 6) is -0.953. The van der Waals surface area contributed by atoms with E-state index in [9.17, 15) is 22.4 Å². The minimum atomic E-state index is -3.79. The van der Waals surface area contributed by atoms with Crippen LogP contribution in [-0.4, -0.2) is 49.5 Å². The molecule has 1 amide bonds. The number of ether oxygens (including phenoxy) is 1. The molecule has 1 fully saturated rings. The van der Waals surface area contributed by atoms with Gasteiger partial charge in [-0.15, -0.1) is 0 Å². The number of amides is 1. The summed E-state index contributed by atoms with van der Waals surface area (Å²) >= 11 is 0. The van der Waals surface area contributed by atoms with Gasteiger partial charge in [0.05, 0.1) is 18.1 Å². The highest BCUT2D eigenvalue weighted by molar-refractivity contribution is 7.89. The van der Waals surface area contributed by atoms with Gasteiger partial charge in [0.2, 0.25) is 15.9 Å². The zero-order valence-electron chi connectivity index (χ0n) is 15.2. The topological polar surface area (TPSA) is 97.7 Å². The lowest BCUT2D eigenvalue weighted by atomic mass is 10.2. The molecule has 1 N–H and O–H groups in total. The zero-order valence-corrected chi connectivity index (χ0v) is 16.0. The average Bonchev–Trinajstić information content (AvgIpc) is 2.66. The maximum absolute atomic E-state index is 13.2. The van der Waals surface area contributed by atoms with Crippen molar-refractivity contribution in [1.29, 1.82) is 0 Å². The van der Waals surface area contributed by atoms with Gasteiger partial charge in [0, 0.05) is 31.0 Å². The normalized spacial score (nSPS) is 15.4. The summed E-state index contributed by atoms with van der Waals surface area (Å²) < 4.78 is 46.1. The molecular weight excluding hydrogens is 389 g/mol. The van der Waals surface area contributed by atoms with Crippen LogP contribution in [0.15, 0.2) is 46.2 Å². The van der Waals surface area contributed by atoms with E-state index >= 15 is 0 Å². The first-order chi connectivity index (χ1) is 13.3. The summed E-state index contributed by atoms with van der Waals surface area (Å²) in [6.45, 7) is 2.33. The van der Waals surface area contributed by atoms with Crippen molar-refractivity contribution in [1.82, 2.24) is 8.87 Å². The van der Waals surface area contributed by atoms with Crippen LogP contribution in [0.3, 0.4) is 0 Å². The van der Waals surface area contributed by atoms with Crippen molar-refractivity contribution in [2.45, 2.75) is 18.4 Å². The molecule has 3 rings (SSSR count). The van der Waals surface area contributed by atoms with E-state index in [1.165, 1.54) is 28.6 Å². The Morgan fingerprint density at radius 3 is 2.61 bits per heavy atom. The number of pyridine rings is 1. The fraction of sp³-hybridized carbons (Fsp3) is 0.333. The Labute approximate surface area is 161 Å². The van der Waals surface area contributed by atoms with E-state index in [-0.39, 0.29) is 24.5 Å². The van der Waals surface area contributed by atoms with E-state index in [0.29, 0.717) is 24.5 Å². The molecule has 0 radical (unpaired) electrons. The number of anilines is 1. The van der Waals surface area contributed by atoms with Gasteiger partial charge in [-0.1, -0.05) is 0 Å². The number of morpholine rings is 1. The van der Waals surface area contributed by atoms with Gasteiger partial charge in [0.25, 0.3) is 5.56 Å². The molecule has 0 bridgehead atoms. The molecule has 2 heterocycles. The fourth-order valence-corrected chi connectivity index (χ4v) is 4.26. The zero-order chi connectivity index (χ0) is 20.3. The second-order valence-electron chi connectivity index (χ2n) is 6.35. The summed E-state index contributed by atoms with van der Waals surface area (Å²) in [7, 11) is -3.79. The Morgan fingerprint density at radius 1 is 1.21 bits per heavy atom. The third-order valence-corrected chi connectivity index (χ3v) is 6.22. The highest BCUT2D eigenvalue weighted by Gasteiger charge is 2.27. The lowest BCUT2D eigenvalue weighted by Crippen LogP contribution is -2.41. The first-order valence-corrected chi connectivity index (χ1v) is 10.1. The average molecular weight is 409 g/mol. The molecule has 2 aromatic rings. The Kier molecular flexibility index (Phi) is 5.92. The van der Waals surface area contributed by atoms with Crippen molar-refractivity contribution in [2.24, 2.45) is 0 Å². The molecule has 0 aliphatic carbocycles. The Morgan fingerprint density at radius 2 is 1.93 bits per heavy atom. The molecule has 0 atom stereocenters. The minimum absolute atomic E-state index is 0.0697. The van der Waals surface area contributed by atoms with Gasteiger partial charge in [0.1, 0.15) is 12.4 Å². The predicted molar refractivity (Wildman–Crippen MR) is 100 cm³/mol. The Balaban J connectivity index is 1.79. The maximum atomic E-state index is 13.2. The number of rotatable bonds is 5. The largest absolute Gasteiger partial charge is 0.379 e. The number of nitrogens with one attached hydrogen (secondary N) is 1. The highest BCUT2D eigenvalue weighted by Crippen LogP contribution is 2.17. The van der Waals surface area contributed by atoms with Crippen LogP contribution in [0, 0.1) is 12.7 Å². The van der Waals surface area contributed by atoms with Crippen molar-refractivity contribution < 1.29 is 22.3 Å². The van der Waals surface area contributed by atoms with Gasteiger partial charge >= 0.3 is 0 Å². The van der Waals surface area contributed by atoms with Gasteiger partial charge in [-0.2, -0.15) is 4.31 Å². The molecule has 1 aliphatic heterocycles. The number of hydrogen-bond acceptors (Lipinski definition) is 5. The Bertz CT molecular complexity index is 1050. The Hall–Kier alpha value is -2.56. The molecule has 8 nitrogen and oxygen atoms in total. The first-order valence-electron chi connectivity index (χ1n) is 8.62. The van der Waals surface area contributed by atoms with E-state index in [1.807, 2.05) is 0 Å². The van der Waals surface area contributed by atoms with Gasteiger partial charge in [-0.05, 0) is 36.8 Å². The van der Waals surface area contributed by atoms with Crippen molar-refractivity contribution in [3.8, 4) is 0 Å². The van der Waals surface area contributed by atoms with Crippen LogP contribution in [0.2, 0.25) is 0 Å². The number of sulfonamides is 1. The summed E-state index contributed by atoms with van der Waals surface area (Å²) in [5.41, 5.74) is 0.438. The predicted octanol–water partition coefficient (Wildman–Crippen LogP) is 0.955. The van der Waals surface area contributed by atoms with E-state index in [1.54, 1.807) is 6.92 Å². The molecular formula is C18H20FN3O5S. The number of carbonyl (C=O) groups excluding carboxylic acids is 1. The third kappa shape index (κ3) is 4.46. The van der Waals surface area contributed by atoms with E-state index in [2.05, 4.69) is 5.32 Å². The number of halogens is 1. The molecule has 0 saturated carbocycles. The third-order valence-electron chi connectivity index (χ3n) is 4.34. The molecule has 10 heteroatoms. The summed E-state index contributed by atoms with van der Waals surface area (Å²) in [5, 5.41) is 2.59. The lowest BCUT2D eigenvalue weighted by Gasteiger charge is -2.26. The quantitative estimate of drug-likeness (QED) is 0.793. The first kappa shape index (κ1) is 20.2. The molecule has 150 valence electrons. The number of hydrogen-bond donors (Lipinski definition) is 1. The number of nitrogens with zero attached hydrogens (tertiary/aromatic N) is 2. The van der Waals surface area contributed by atoms with E-state index in [0.717, 1.165) is 16.8 Å². The molecule has 0 spiro atoms. The monoisotopic (exact) mass is 409 g/mol. The summed E-state index contributed by atoms with van der Waals surface area (Å²) in [6, 6.07) is 6.25. The number of aryl methyl sites for hydroxylation is 1. The molecule has 28 heavy (non-hydrogen) atoms. The van der Waals surface area contributed by atoms with Crippen LogP contribution in [0.1, 0.15) is 5.56 Å². The fourth-order valence-electron chi connectivity index (χ4n) is 2.83. The molecule has 1 saturated heterocycles. The van der Waals surface area contributed by atoms with Gasteiger partial charge in [0.15, 0.2) is 0 Å². The smallest absolute Gasteiger partial charge is 0.251 e. The number of benzene rings is 1. The SMILES string of the molecule is Cc1cc(F)ccc1NC(=O)Cn1cc(S(=O)(=O)N2CCOCC2)ccc1=O. The standard InChI is InChI=1S/C18H20FN3O5S/c1-13-10-14(19)2-4-16(13)20-17(23)12-21-11-15(3-5-18(21)24)28(25,26)22-6-8-27-9-7-22/h2-5,10-11H,6-9,12H2,1H3,(H,20,23). The van der Waals surface area contributed by atoms with Crippen molar-refractivity contribution in [3.05, 3.63) is 58.3 Å². The van der Waals surface area contributed by atoms with E-state index in [4.69, 9.17) is 4.74 Å². The van der Waals surface area contributed by atoms with Gasteiger partial charge < -0.3 is 14.6 Å². The summed E-state index contributed by atoms with van der Waals surface area (Å²) in [4.78, 5) is 24.3. The van der Waals surface area contributed by atoms with Crippen LogP contribution >= 0.6 is 0 Å². The molecule has 1 aromatic carbocycles.